The monoisotopic (exact) mass is 401 g/mol. The van der Waals surface area contributed by atoms with Gasteiger partial charge in [-0.05, 0) is 30.3 Å². The van der Waals surface area contributed by atoms with E-state index in [-0.39, 0.29) is 18.0 Å². The highest BCUT2D eigenvalue weighted by molar-refractivity contribution is 5.90. The fourth-order valence-corrected chi connectivity index (χ4v) is 2.81. The number of hydrogen-bond donors (Lipinski definition) is 2. The van der Waals surface area contributed by atoms with E-state index >= 15 is 0 Å². The molecule has 0 unspecified atom stereocenters. The summed E-state index contributed by atoms with van der Waals surface area (Å²) in [5.41, 5.74) is 4.21. The van der Waals surface area contributed by atoms with Gasteiger partial charge in [0.25, 0.3) is 11.6 Å². The summed E-state index contributed by atoms with van der Waals surface area (Å²) in [7, 11) is 0. The maximum absolute atomic E-state index is 12.9. The number of rotatable bonds is 7. The lowest BCUT2D eigenvalue weighted by atomic mass is 10.1. The molecule has 9 nitrogen and oxygen atoms in total. The lowest BCUT2D eigenvalue weighted by Gasteiger charge is -2.29. The maximum Gasteiger partial charge on any atom is 0.270 e. The number of nitro groups is 1. The number of morpholine rings is 1. The van der Waals surface area contributed by atoms with Gasteiger partial charge >= 0.3 is 0 Å². The summed E-state index contributed by atoms with van der Waals surface area (Å²) >= 11 is 0. The first-order chi connectivity index (χ1) is 14.0. The van der Waals surface area contributed by atoms with Crippen molar-refractivity contribution in [2.45, 2.75) is 0 Å². The van der Waals surface area contributed by atoms with Gasteiger partial charge in [-0.25, -0.2) is 9.82 Å². The van der Waals surface area contributed by atoms with E-state index in [0.29, 0.717) is 37.6 Å². The summed E-state index contributed by atoms with van der Waals surface area (Å²) in [6, 6.07) is 10.1. The summed E-state index contributed by atoms with van der Waals surface area (Å²) in [4.78, 5) is 24.6. The molecule has 1 aliphatic heterocycles. The fraction of sp³-hybridized carbons (Fsp3) is 0.263. The number of nitrogens with one attached hydrogen (secondary N) is 2. The van der Waals surface area contributed by atoms with Crippen molar-refractivity contribution in [3.8, 4) is 0 Å². The van der Waals surface area contributed by atoms with E-state index < -0.39 is 10.8 Å². The first kappa shape index (κ1) is 20.2. The number of amides is 1. The molecule has 0 aromatic heterocycles. The summed E-state index contributed by atoms with van der Waals surface area (Å²) in [6.45, 7) is 2.39. The summed E-state index contributed by atoms with van der Waals surface area (Å²) in [5, 5.41) is 17.9. The fourth-order valence-electron chi connectivity index (χ4n) is 2.81. The molecule has 0 aliphatic carbocycles. The Balaban J connectivity index is 1.64. The highest BCUT2D eigenvalue weighted by Crippen LogP contribution is 2.25. The third-order valence-corrected chi connectivity index (χ3v) is 4.26. The van der Waals surface area contributed by atoms with Crippen LogP contribution >= 0.6 is 0 Å². The molecule has 1 aliphatic rings. The molecule has 0 bridgehead atoms. The SMILES string of the molecule is O=C(CNc1ccc(F)cc1)N/N=C\c1cc([N+](=O)[O-])ccc1N1CCOCC1. The number of carbonyl (C=O) groups is 1. The Morgan fingerprint density at radius 3 is 2.66 bits per heavy atom. The molecule has 2 aromatic carbocycles. The molecule has 29 heavy (non-hydrogen) atoms. The minimum atomic E-state index is -0.481. The zero-order valence-electron chi connectivity index (χ0n) is 15.5. The predicted octanol–water partition coefficient (Wildman–Crippen LogP) is 2.13. The Morgan fingerprint density at radius 1 is 1.24 bits per heavy atom. The van der Waals surface area contributed by atoms with Crippen LogP contribution < -0.4 is 15.6 Å². The number of hydrogen-bond acceptors (Lipinski definition) is 7. The molecule has 0 saturated carbocycles. The summed E-state index contributed by atoms with van der Waals surface area (Å²) in [6.07, 6.45) is 1.38. The average Bonchev–Trinajstić information content (AvgIpc) is 2.74. The molecule has 0 atom stereocenters. The molecule has 0 radical (unpaired) electrons. The van der Waals surface area contributed by atoms with Gasteiger partial charge in [0, 0.05) is 42.2 Å². The van der Waals surface area contributed by atoms with Crippen LogP contribution in [0.1, 0.15) is 5.56 Å². The van der Waals surface area contributed by atoms with E-state index in [1.807, 2.05) is 4.90 Å². The quantitative estimate of drug-likeness (QED) is 0.418. The summed E-state index contributed by atoms with van der Waals surface area (Å²) < 4.78 is 18.2. The second kappa shape index (κ2) is 9.60. The van der Waals surface area contributed by atoms with Crippen molar-refractivity contribution in [3.63, 3.8) is 0 Å². The largest absolute Gasteiger partial charge is 0.378 e. The molecule has 1 fully saturated rings. The molecule has 1 amide bonds. The molecule has 3 rings (SSSR count). The number of nitrogens with zero attached hydrogens (tertiary/aromatic N) is 3. The molecule has 2 N–H and O–H groups in total. The first-order valence-corrected chi connectivity index (χ1v) is 8.95. The average molecular weight is 401 g/mol. The molecular weight excluding hydrogens is 381 g/mol. The van der Waals surface area contributed by atoms with Crippen molar-refractivity contribution in [1.29, 1.82) is 0 Å². The molecule has 1 saturated heterocycles. The zero-order chi connectivity index (χ0) is 20.6. The number of non-ortho nitro benzene ring substituents is 1. The Kier molecular flexibility index (Phi) is 6.69. The number of benzene rings is 2. The van der Waals surface area contributed by atoms with E-state index in [1.54, 1.807) is 6.07 Å². The first-order valence-electron chi connectivity index (χ1n) is 8.95. The van der Waals surface area contributed by atoms with E-state index in [9.17, 15) is 19.3 Å². The number of anilines is 2. The Morgan fingerprint density at radius 2 is 1.97 bits per heavy atom. The van der Waals surface area contributed by atoms with Crippen LogP contribution in [0.2, 0.25) is 0 Å². The molecule has 10 heteroatoms. The Hall–Kier alpha value is -3.53. The molecule has 1 heterocycles. The van der Waals surface area contributed by atoms with Crippen LogP contribution in [0, 0.1) is 15.9 Å². The Bertz CT molecular complexity index is 898. The van der Waals surface area contributed by atoms with Crippen LogP contribution in [0.15, 0.2) is 47.6 Å². The van der Waals surface area contributed by atoms with E-state index in [4.69, 9.17) is 4.74 Å². The molecular formula is C19H20FN5O4. The number of hydrazone groups is 1. The van der Waals surface area contributed by atoms with Gasteiger partial charge in [0.15, 0.2) is 0 Å². The van der Waals surface area contributed by atoms with Crippen LogP contribution in [0.5, 0.6) is 0 Å². The van der Waals surface area contributed by atoms with Gasteiger partial charge in [-0.15, -0.1) is 0 Å². The second-order valence-electron chi connectivity index (χ2n) is 6.25. The summed E-state index contributed by atoms with van der Waals surface area (Å²) in [5.74, 6) is -0.776. The van der Waals surface area contributed by atoms with Gasteiger partial charge < -0.3 is 15.0 Å². The van der Waals surface area contributed by atoms with Gasteiger partial charge in [0.2, 0.25) is 0 Å². The van der Waals surface area contributed by atoms with Crippen molar-refractivity contribution in [2.24, 2.45) is 5.10 Å². The number of ether oxygens (including phenoxy) is 1. The molecule has 0 spiro atoms. The molecule has 152 valence electrons. The minimum Gasteiger partial charge on any atom is -0.378 e. The topological polar surface area (TPSA) is 109 Å². The van der Waals surface area contributed by atoms with Crippen molar-refractivity contribution < 1.29 is 18.8 Å². The molecule has 2 aromatic rings. The maximum atomic E-state index is 12.9. The highest BCUT2D eigenvalue weighted by Gasteiger charge is 2.17. The van der Waals surface area contributed by atoms with Crippen molar-refractivity contribution >= 4 is 29.2 Å². The Labute approximate surface area is 166 Å². The lowest BCUT2D eigenvalue weighted by Crippen LogP contribution is -2.36. The normalized spacial score (nSPS) is 14.0. The van der Waals surface area contributed by atoms with Gasteiger partial charge in [0.05, 0.1) is 30.9 Å². The standard InChI is InChI=1S/C19H20FN5O4/c20-15-1-3-16(4-2-15)21-13-19(26)23-22-12-14-11-17(25(27)28)5-6-18(14)24-7-9-29-10-8-24/h1-6,11-12,21H,7-10,13H2,(H,23,26)/b22-12-. The van der Waals surface area contributed by atoms with E-state index in [2.05, 4.69) is 15.8 Å². The highest BCUT2D eigenvalue weighted by atomic mass is 19.1. The number of halogens is 1. The van der Waals surface area contributed by atoms with E-state index in [1.165, 1.54) is 42.6 Å². The van der Waals surface area contributed by atoms with Crippen LogP contribution in [-0.4, -0.2) is 49.9 Å². The van der Waals surface area contributed by atoms with Crippen molar-refractivity contribution in [1.82, 2.24) is 5.43 Å². The lowest BCUT2D eigenvalue weighted by molar-refractivity contribution is -0.384. The third-order valence-electron chi connectivity index (χ3n) is 4.26. The van der Waals surface area contributed by atoms with Gasteiger partial charge in [-0.1, -0.05) is 0 Å². The van der Waals surface area contributed by atoms with Crippen LogP contribution in [0.25, 0.3) is 0 Å². The third kappa shape index (κ3) is 5.72. The number of carbonyl (C=O) groups excluding carboxylic acids is 1. The predicted molar refractivity (Wildman–Crippen MR) is 107 cm³/mol. The van der Waals surface area contributed by atoms with Gasteiger partial charge in [-0.2, -0.15) is 5.10 Å². The van der Waals surface area contributed by atoms with E-state index in [0.717, 1.165) is 5.69 Å². The zero-order valence-corrected chi connectivity index (χ0v) is 15.5. The number of nitro benzene ring substituents is 1. The van der Waals surface area contributed by atoms with Gasteiger partial charge in [0.1, 0.15) is 5.82 Å². The smallest absolute Gasteiger partial charge is 0.270 e. The van der Waals surface area contributed by atoms with Crippen LogP contribution in [0.4, 0.5) is 21.5 Å². The van der Waals surface area contributed by atoms with Crippen LogP contribution in [-0.2, 0) is 9.53 Å². The van der Waals surface area contributed by atoms with Crippen molar-refractivity contribution in [3.05, 3.63) is 64.0 Å². The van der Waals surface area contributed by atoms with Gasteiger partial charge in [-0.3, -0.25) is 14.9 Å². The van der Waals surface area contributed by atoms with Crippen LogP contribution in [0.3, 0.4) is 0 Å². The minimum absolute atomic E-state index is 0.0613. The van der Waals surface area contributed by atoms with Crippen molar-refractivity contribution in [2.75, 3.05) is 43.1 Å². The second-order valence-corrected chi connectivity index (χ2v) is 6.25.